The molecule has 2 nitrogen and oxygen atoms in total. The maximum absolute atomic E-state index is 2.44. The second-order valence-corrected chi connectivity index (χ2v) is 18.0. The molecule has 0 saturated carbocycles. The molecule has 304 valence electrons. The highest BCUT2D eigenvalue weighted by molar-refractivity contribution is 7.25. The molecule has 0 saturated heterocycles. The van der Waals surface area contributed by atoms with Crippen molar-refractivity contribution in [2.24, 2.45) is 0 Å². The van der Waals surface area contributed by atoms with Crippen LogP contribution >= 0.6 is 11.3 Å². The summed E-state index contributed by atoms with van der Waals surface area (Å²) in [5.41, 5.74) is 14.1. The molecule has 2 aromatic heterocycles. The minimum Gasteiger partial charge on any atom is -0.311 e. The van der Waals surface area contributed by atoms with E-state index in [4.69, 9.17) is 0 Å². The molecule has 0 atom stereocenters. The minimum atomic E-state index is 1.09. The van der Waals surface area contributed by atoms with E-state index in [-0.39, 0.29) is 0 Å². The Kier molecular flexibility index (Phi) is 8.75. The van der Waals surface area contributed by atoms with Crippen molar-refractivity contribution in [1.29, 1.82) is 0 Å². The van der Waals surface area contributed by atoms with Gasteiger partial charge in [0.15, 0.2) is 0 Å². The summed E-state index contributed by atoms with van der Waals surface area (Å²) in [4.78, 5) is 2.37. The smallest absolute Gasteiger partial charge is 0.0619 e. The zero-order valence-electron chi connectivity index (χ0n) is 35.4. The van der Waals surface area contributed by atoms with Crippen LogP contribution in [0.5, 0.6) is 0 Å². The second-order valence-electron chi connectivity index (χ2n) is 16.9. The van der Waals surface area contributed by atoms with Crippen molar-refractivity contribution in [1.82, 2.24) is 4.57 Å². The molecule has 0 amide bonds. The fourth-order valence-corrected chi connectivity index (χ4v) is 11.2. The first kappa shape index (κ1) is 37.3. The van der Waals surface area contributed by atoms with Crippen molar-refractivity contribution in [3.8, 4) is 39.1 Å². The van der Waals surface area contributed by atoms with Gasteiger partial charge in [-0.3, -0.25) is 0 Å². The van der Waals surface area contributed by atoms with Crippen molar-refractivity contribution in [3.63, 3.8) is 0 Å². The monoisotopic (exact) mass is 844 g/mol. The van der Waals surface area contributed by atoms with Crippen LogP contribution in [0.3, 0.4) is 0 Å². The van der Waals surface area contributed by atoms with Crippen LogP contribution in [0.4, 0.5) is 17.1 Å². The van der Waals surface area contributed by atoms with Crippen molar-refractivity contribution in [2.75, 3.05) is 4.90 Å². The third-order valence-electron chi connectivity index (χ3n) is 13.2. The van der Waals surface area contributed by atoms with E-state index in [1.165, 1.54) is 96.9 Å². The lowest BCUT2D eigenvalue weighted by atomic mass is 9.98. The summed E-state index contributed by atoms with van der Waals surface area (Å²) in [7, 11) is 0. The van der Waals surface area contributed by atoms with E-state index >= 15 is 0 Å². The highest BCUT2D eigenvalue weighted by atomic mass is 32.1. The molecule has 13 aromatic rings. The third-order valence-corrected chi connectivity index (χ3v) is 14.3. The summed E-state index contributed by atoms with van der Waals surface area (Å²) >= 11 is 1.86. The summed E-state index contributed by atoms with van der Waals surface area (Å²) in [5, 5.41) is 10.2. The van der Waals surface area contributed by atoms with Crippen LogP contribution in [0.2, 0.25) is 0 Å². The van der Waals surface area contributed by atoms with Gasteiger partial charge in [0.1, 0.15) is 0 Å². The molecule has 0 N–H and O–H groups in total. The standard InChI is InChI=1S/C62H40N2S/c1-2-14-48(15-3-1)64-59-39-46(28-36-55(59)58-38-27-44-12-5-7-17-54(44)62(58)64)41-21-30-49(31-22-41)63(51-34-25-45(26-35-51)53-19-10-13-43-11-4-6-16-52(43)53)50-32-23-42(24-33-50)47-29-37-57-56-18-8-9-20-60(56)65-61(57)40-47/h1-40H. The van der Waals surface area contributed by atoms with E-state index in [2.05, 4.69) is 252 Å². The molecule has 0 aliphatic carbocycles. The SMILES string of the molecule is c1ccc(-n2c3cc(-c4ccc(N(c5ccc(-c6ccc7c(c6)sc6ccccc67)cc5)c5ccc(-c6cccc7ccccc67)cc5)cc4)ccc3c3ccc4ccccc4c32)cc1. The number of rotatable bonds is 7. The van der Waals surface area contributed by atoms with Crippen LogP contribution in [0.25, 0.3) is 103 Å². The number of anilines is 3. The molecule has 11 aromatic carbocycles. The van der Waals surface area contributed by atoms with Crippen molar-refractivity contribution in [2.45, 2.75) is 0 Å². The Bertz CT molecular complexity index is 3910. The molecule has 65 heavy (non-hydrogen) atoms. The molecule has 0 spiro atoms. The van der Waals surface area contributed by atoms with Gasteiger partial charge in [-0.2, -0.15) is 0 Å². The zero-order valence-corrected chi connectivity index (χ0v) is 36.2. The maximum Gasteiger partial charge on any atom is 0.0619 e. The molecule has 0 bridgehead atoms. The highest BCUT2D eigenvalue weighted by Crippen LogP contribution is 2.42. The van der Waals surface area contributed by atoms with Crippen LogP contribution in [0.15, 0.2) is 243 Å². The molecule has 0 aliphatic rings. The number of hydrogen-bond acceptors (Lipinski definition) is 2. The molecule has 13 rings (SSSR count). The zero-order chi connectivity index (χ0) is 42.8. The van der Waals surface area contributed by atoms with Crippen LogP contribution in [0.1, 0.15) is 0 Å². The second kappa shape index (κ2) is 15.2. The predicted molar refractivity (Wildman–Crippen MR) is 280 cm³/mol. The van der Waals surface area contributed by atoms with Gasteiger partial charge in [-0.1, -0.05) is 176 Å². The lowest BCUT2D eigenvalue weighted by molar-refractivity contribution is 1.19. The van der Waals surface area contributed by atoms with Crippen LogP contribution in [-0.4, -0.2) is 4.57 Å². The van der Waals surface area contributed by atoms with Gasteiger partial charge in [0.05, 0.1) is 11.0 Å². The van der Waals surface area contributed by atoms with Gasteiger partial charge in [-0.25, -0.2) is 0 Å². The molecule has 0 fully saturated rings. The molecule has 3 heteroatoms. The molecular formula is C62H40N2S. The Balaban J connectivity index is 0.902. The van der Waals surface area contributed by atoms with E-state index in [0.717, 1.165) is 22.7 Å². The van der Waals surface area contributed by atoms with Gasteiger partial charge in [0.2, 0.25) is 0 Å². The Labute approximate surface area is 381 Å². The summed E-state index contributed by atoms with van der Waals surface area (Å²) in [6.45, 7) is 0. The van der Waals surface area contributed by atoms with E-state index in [1.807, 2.05) is 11.3 Å². The Morgan fingerprint density at radius 1 is 0.308 bits per heavy atom. The molecule has 0 aliphatic heterocycles. The van der Waals surface area contributed by atoms with Gasteiger partial charge in [0.25, 0.3) is 0 Å². The third kappa shape index (κ3) is 6.31. The van der Waals surface area contributed by atoms with Crippen molar-refractivity contribution < 1.29 is 0 Å². The highest BCUT2D eigenvalue weighted by Gasteiger charge is 2.18. The topological polar surface area (TPSA) is 8.17 Å². The lowest BCUT2D eigenvalue weighted by Crippen LogP contribution is -2.09. The van der Waals surface area contributed by atoms with Gasteiger partial charge in [-0.15, -0.1) is 11.3 Å². The van der Waals surface area contributed by atoms with Crippen LogP contribution < -0.4 is 4.90 Å². The van der Waals surface area contributed by atoms with Gasteiger partial charge >= 0.3 is 0 Å². The Hall–Kier alpha value is -8.24. The van der Waals surface area contributed by atoms with Crippen molar-refractivity contribution in [3.05, 3.63) is 243 Å². The average molecular weight is 845 g/mol. The number of nitrogens with zero attached hydrogens (tertiary/aromatic N) is 2. The Morgan fingerprint density at radius 3 is 1.52 bits per heavy atom. The number of benzene rings is 11. The molecule has 0 radical (unpaired) electrons. The largest absolute Gasteiger partial charge is 0.311 e. The van der Waals surface area contributed by atoms with E-state index in [1.54, 1.807) is 0 Å². The number of fused-ring (bicyclic) bond motifs is 9. The number of aromatic nitrogens is 1. The van der Waals surface area contributed by atoms with Gasteiger partial charge in [0, 0.05) is 59.1 Å². The first-order valence-electron chi connectivity index (χ1n) is 22.2. The Morgan fingerprint density at radius 2 is 0.815 bits per heavy atom. The summed E-state index contributed by atoms with van der Waals surface area (Å²) in [5.74, 6) is 0. The quantitative estimate of drug-likeness (QED) is 0.155. The number of thiophene rings is 1. The number of para-hydroxylation sites is 1. The normalized spacial score (nSPS) is 11.7. The molecular weight excluding hydrogens is 805 g/mol. The minimum absolute atomic E-state index is 1.09. The number of hydrogen-bond donors (Lipinski definition) is 0. The van der Waals surface area contributed by atoms with Crippen molar-refractivity contribution >= 4 is 91.9 Å². The lowest BCUT2D eigenvalue weighted by Gasteiger charge is -2.26. The molecule has 0 unspecified atom stereocenters. The van der Waals surface area contributed by atoms with Gasteiger partial charge in [-0.05, 0) is 116 Å². The van der Waals surface area contributed by atoms with E-state index < -0.39 is 0 Å². The maximum atomic E-state index is 2.44. The predicted octanol–water partition coefficient (Wildman–Crippen LogP) is 17.9. The summed E-state index contributed by atoms with van der Waals surface area (Å²) in [6, 6.07) is 88.9. The fraction of sp³-hybridized carbons (Fsp3) is 0. The summed E-state index contributed by atoms with van der Waals surface area (Å²) in [6.07, 6.45) is 0. The van der Waals surface area contributed by atoms with Gasteiger partial charge < -0.3 is 9.47 Å². The van der Waals surface area contributed by atoms with Crippen LogP contribution in [-0.2, 0) is 0 Å². The van der Waals surface area contributed by atoms with E-state index in [9.17, 15) is 0 Å². The first-order chi connectivity index (χ1) is 32.2. The first-order valence-corrected chi connectivity index (χ1v) is 23.1. The molecule has 2 heterocycles. The average Bonchev–Trinajstić information content (AvgIpc) is 3.92. The van der Waals surface area contributed by atoms with E-state index in [0.29, 0.717) is 0 Å². The fourth-order valence-electron chi connectivity index (χ4n) is 10.0. The summed E-state index contributed by atoms with van der Waals surface area (Å²) < 4.78 is 5.08. The van der Waals surface area contributed by atoms with Crippen LogP contribution in [0, 0.1) is 0 Å².